The van der Waals surface area contributed by atoms with Crippen molar-refractivity contribution in [3.63, 3.8) is 0 Å². The van der Waals surface area contributed by atoms with Crippen LogP contribution in [0.25, 0.3) is 0 Å². The highest BCUT2D eigenvalue weighted by molar-refractivity contribution is 14.0. The van der Waals surface area contributed by atoms with Crippen LogP contribution in [-0.4, -0.2) is 68.4 Å². The van der Waals surface area contributed by atoms with Crippen LogP contribution in [-0.2, 0) is 4.74 Å². The molecule has 1 aromatic carbocycles. The minimum atomic E-state index is -0.0297. The first-order valence-electron chi connectivity index (χ1n) is 9.94. The lowest BCUT2D eigenvalue weighted by atomic mass is 10.2. The number of guanidine groups is 1. The lowest BCUT2D eigenvalue weighted by Crippen LogP contribution is -2.51. The summed E-state index contributed by atoms with van der Waals surface area (Å²) >= 11 is 5.91. The SMILES string of the molecule is CCNC(=NCC(C)Oc1ccc(Cl)cc1)NCC1CN2CCCC2CO1.I. The van der Waals surface area contributed by atoms with E-state index in [4.69, 9.17) is 21.1 Å². The molecule has 2 fully saturated rings. The molecule has 158 valence electrons. The summed E-state index contributed by atoms with van der Waals surface area (Å²) in [5.41, 5.74) is 0. The zero-order valence-corrected chi connectivity index (χ0v) is 19.8. The number of aliphatic imine (C=N–C) groups is 1. The van der Waals surface area contributed by atoms with Crippen LogP contribution < -0.4 is 15.4 Å². The van der Waals surface area contributed by atoms with Crippen molar-refractivity contribution in [1.29, 1.82) is 0 Å². The van der Waals surface area contributed by atoms with Crippen LogP contribution in [0.5, 0.6) is 5.75 Å². The van der Waals surface area contributed by atoms with Crippen molar-refractivity contribution < 1.29 is 9.47 Å². The van der Waals surface area contributed by atoms with Crippen molar-refractivity contribution >= 4 is 41.5 Å². The molecule has 0 spiro atoms. The maximum Gasteiger partial charge on any atom is 0.191 e. The number of fused-ring (bicyclic) bond motifs is 1. The molecule has 0 saturated carbocycles. The quantitative estimate of drug-likeness (QED) is 0.327. The zero-order chi connectivity index (χ0) is 19.1. The predicted octanol–water partition coefficient (Wildman–Crippen LogP) is 3.14. The van der Waals surface area contributed by atoms with E-state index in [-0.39, 0.29) is 36.2 Å². The van der Waals surface area contributed by atoms with Crippen LogP contribution in [0.15, 0.2) is 29.3 Å². The van der Waals surface area contributed by atoms with Gasteiger partial charge in [0.05, 0.1) is 19.3 Å². The fraction of sp³-hybridized carbons (Fsp3) is 0.650. The number of nitrogens with one attached hydrogen (secondary N) is 2. The highest BCUT2D eigenvalue weighted by Crippen LogP contribution is 2.22. The van der Waals surface area contributed by atoms with E-state index >= 15 is 0 Å². The molecule has 8 heteroatoms. The molecular weight excluding hydrogens is 491 g/mol. The van der Waals surface area contributed by atoms with Gasteiger partial charge in [-0.2, -0.15) is 0 Å². The Bertz CT molecular complexity index is 617. The Labute approximate surface area is 190 Å². The van der Waals surface area contributed by atoms with Gasteiger partial charge in [0.15, 0.2) is 5.96 Å². The maximum absolute atomic E-state index is 6.01. The highest BCUT2D eigenvalue weighted by atomic mass is 127. The van der Waals surface area contributed by atoms with E-state index in [1.54, 1.807) is 0 Å². The minimum Gasteiger partial charge on any atom is -0.489 e. The van der Waals surface area contributed by atoms with Crippen molar-refractivity contribution in [1.82, 2.24) is 15.5 Å². The van der Waals surface area contributed by atoms with E-state index in [2.05, 4.69) is 27.4 Å². The molecule has 2 N–H and O–H groups in total. The largest absolute Gasteiger partial charge is 0.489 e. The lowest BCUT2D eigenvalue weighted by Gasteiger charge is -2.35. The number of benzene rings is 1. The lowest BCUT2D eigenvalue weighted by molar-refractivity contribution is -0.0453. The number of morpholine rings is 1. The van der Waals surface area contributed by atoms with E-state index in [0.29, 0.717) is 17.6 Å². The first kappa shape index (κ1) is 23.5. The molecule has 6 nitrogen and oxygen atoms in total. The van der Waals surface area contributed by atoms with Crippen molar-refractivity contribution in [2.75, 3.05) is 39.3 Å². The second kappa shape index (κ2) is 12.0. The van der Waals surface area contributed by atoms with Gasteiger partial charge in [0.2, 0.25) is 0 Å². The fourth-order valence-electron chi connectivity index (χ4n) is 3.56. The van der Waals surface area contributed by atoms with E-state index < -0.39 is 0 Å². The molecule has 1 aromatic rings. The van der Waals surface area contributed by atoms with Gasteiger partial charge < -0.3 is 20.1 Å². The molecule has 3 rings (SSSR count). The van der Waals surface area contributed by atoms with Gasteiger partial charge in [-0.05, 0) is 57.5 Å². The van der Waals surface area contributed by atoms with Gasteiger partial charge >= 0.3 is 0 Å². The van der Waals surface area contributed by atoms with Crippen LogP contribution in [0.1, 0.15) is 26.7 Å². The monoisotopic (exact) mass is 522 g/mol. The zero-order valence-electron chi connectivity index (χ0n) is 16.7. The average molecular weight is 523 g/mol. The van der Waals surface area contributed by atoms with Gasteiger partial charge in [0, 0.05) is 30.7 Å². The minimum absolute atomic E-state index is 0. The van der Waals surface area contributed by atoms with Gasteiger partial charge in [0.1, 0.15) is 11.9 Å². The summed E-state index contributed by atoms with van der Waals surface area (Å²) in [5, 5.41) is 7.41. The molecule has 2 aliphatic heterocycles. The third kappa shape index (κ3) is 7.24. The molecule has 0 aromatic heterocycles. The summed E-state index contributed by atoms with van der Waals surface area (Å²) in [7, 11) is 0. The van der Waals surface area contributed by atoms with Crippen LogP contribution in [0.2, 0.25) is 5.02 Å². The summed E-state index contributed by atoms with van der Waals surface area (Å²) < 4.78 is 11.9. The van der Waals surface area contributed by atoms with Crippen molar-refractivity contribution in [2.24, 2.45) is 4.99 Å². The molecule has 3 atom stereocenters. The topological polar surface area (TPSA) is 58.1 Å². The van der Waals surface area contributed by atoms with Gasteiger partial charge in [-0.25, -0.2) is 4.99 Å². The van der Waals surface area contributed by atoms with Gasteiger partial charge in [-0.15, -0.1) is 24.0 Å². The second-order valence-corrected chi connectivity index (χ2v) is 7.67. The summed E-state index contributed by atoms with van der Waals surface area (Å²) in [4.78, 5) is 7.21. The van der Waals surface area contributed by atoms with Gasteiger partial charge in [-0.1, -0.05) is 11.6 Å². The molecule has 28 heavy (non-hydrogen) atoms. The summed E-state index contributed by atoms with van der Waals surface area (Å²) in [6, 6.07) is 8.03. The third-order valence-electron chi connectivity index (χ3n) is 4.96. The molecule has 2 heterocycles. The van der Waals surface area contributed by atoms with Gasteiger partial charge in [0.25, 0.3) is 0 Å². The van der Waals surface area contributed by atoms with Crippen molar-refractivity contribution in [2.45, 2.75) is 44.9 Å². The Kier molecular flexibility index (Phi) is 10.1. The second-order valence-electron chi connectivity index (χ2n) is 7.23. The van der Waals surface area contributed by atoms with E-state index in [1.807, 2.05) is 31.2 Å². The molecule has 0 radical (unpaired) electrons. The number of hydrogen-bond donors (Lipinski definition) is 2. The Morgan fingerprint density at radius 3 is 2.89 bits per heavy atom. The summed E-state index contributed by atoms with van der Waals surface area (Å²) in [5.74, 6) is 1.60. The summed E-state index contributed by atoms with van der Waals surface area (Å²) in [6.45, 7) is 9.30. The Morgan fingerprint density at radius 1 is 1.36 bits per heavy atom. The smallest absolute Gasteiger partial charge is 0.191 e. The number of nitrogens with zero attached hydrogens (tertiary/aromatic N) is 2. The fourth-order valence-corrected chi connectivity index (χ4v) is 3.69. The van der Waals surface area contributed by atoms with Crippen molar-refractivity contribution in [3.8, 4) is 5.75 Å². The maximum atomic E-state index is 6.01. The van der Waals surface area contributed by atoms with E-state index in [0.717, 1.165) is 38.0 Å². The predicted molar refractivity (Wildman–Crippen MR) is 125 cm³/mol. The molecular formula is C20H32ClIN4O2. The summed E-state index contributed by atoms with van der Waals surface area (Å²) in [6.07, 6.45) is 2.75. The van der Waals surface area contributed by atoms with Crippen LogP contribution >= 0.6 is 35.6 Å². The van der Waals surface area contributed by atoms with E-state index in [1.165, 1.54) is 19.4 Å². The van der Waals surface area contributed by atoms with E-state index in [9.17, 15) is 0 Å². The molecule has 3 unspecified atom stereocenters. The molecule has 2 aliphatic rings. The van der Waals surface area contributed by atoms with Crippen LogP contribution in [0.3, 0.4) is 0 Å². The molecule has 0 amide bonds. The number of halogens is 2. The Balaban J connectivity index is 0.00000280. The Morgan fingerprint density at radius 2 is 2.14 bits per heavy atom. The molecule has 0 bridgehead atoms. The molecule has 0 aliphatic carbocycles. The first-order valence-corrected chi connectivity index (χ1v) is 10.3. The number of ether oxygens (including phenoxy) is 2. The van der Waals surface area contributed by atoms with Crippen molar-refractivity contribution in [3.05, 3.63) is 29.3 Å². The third-order valence-corrected chi connectivity index (χ3v) is 5.21. The molecule has 2 saturated heterocycles. The first-order chi connectivity index (χ1) is 13.1. The number of hydrogen-bond acceptors (Lipinski definition) is 4. The number of rotatable bonds is 7. The average Bonchev–Trinajstić information content (AvgIpc) is 3.13. The highest BCUT2D eigenvalue weighted by Gasteiger charge is 2.32. The Hall–Kier alpha value is -0.770. The van der Waals surface area contributed by atoms with Gasteiger partial charge in [-0.3, -0.25) is 4.90 Å². The van der Waals surface area contributed by atoms with Crippen LogP contribution in [0.4, 0.5) is 0 Å². The van der Waals surface area contributed by atoms with Crippen LogP contribution in [0, 0.1) is 0 Å². The standard InChI is InChI=1S/C20H31ClN4O2.HI/c1-3-22-20(23-11-15(2)27-18-8-6-16(21)7-9-18)24-12-19-13-25-10-4-5-17(25)14-26-19;/h6-9,15,17,19H,3-5,10-14H2,1-2H3,(H2,22,23,24);1H. The normalized spacial score (nSPS) is 23.5.